The van der Waals surface area contributed by atoms with E-state index in [0.717, 1.165) is 31.7 Å². The third-order valence-corrected chi connectivity index (χ3v) is 3.80. The van der Waals surface area contributed by atoms with Gasteiger partial charge < -0.3 is 5.32 Å². The molecule has 1 aliphatic heterocycles. The van der Waals surface area contributed by atoms with Crippen LogP contribution in [0.2, 0.25) is 5.02 Å². The molecule has 1 aromatic carbocycles. The monoisotopic (exact) mass is 306 g/mol. The summed E-state index contributed by atoms with van der Waals surface area (Å²) in [5.74, 6) is 0. The molecule has 1 heterocycles. The second kappa shape index (κ2) is 6.78. The Morgan fingerprint density at radius 2 is 1.75 bits per heavy atom. The molecule has 0 amide bonds. The van der Waals surface area contributed by atoms with E-state index in [9.17, 15) is 13.2 Å². The molecule has 0 aliphatic carbocycles. The van der Waals surface area contributed by atoms with E-state index in [1.165, 1.54) is 0 Å². The number of nitrogens with zero attached hydrogens (tertiary/aromatic N) is 1. The van der Waals surface area contributed by atoms with E-state index >= 15 is 0 Å². The zero-order chi connectivity index (χ0) is 14.6. The summed E-state index contributed by atoms with van der Waals surface area (Å²) in [4.78, 5) is 2.12. The number of benzene rings is 1. The highest BCUT2D eigenvalue weighted by Gasteiger charge is 2.31. The van der Waals surface area contributed by atoms with E-state index < -0.39 is 12.6 Å². The minimum atomic E-state index is -4.11. The summed E-state index contributed by atoms with van der Waals surface area (Å²) in [6, 6.07) is 6.92. The summed E-state index contributed by atoms with van der Waals surface area (Å²) in [6.07, 6.45) is -4.78. The summed E-state index contributed by atoms with van der Waals surface area (Å²) in [5.41, 5.74) is 0.903. The Bertz CT molecular complexity index is 413. The van der Waals surface area contributed by atoms with Crippen LogP contribution in [0, 0.1) is 0 Å². The van der Waals surface area contributed by atoms with Crippen LogP contribution in [0.15, 0.2) is 24.3 Å². The van der Waals surface area contributed by atoms with Crippen molar-refractivity contribution in [2.75, 3.05) is 26.2 Å². The average molecular weight is 307 g/mol. The van der Waals surface area contributed by atoms with E-state index in [1.807, 2.05) is 12.1 Å². The van der Waals surface area contributed by atoms with Gasteiger partial charge in [0.15, 0.2) is 0 Å². The lowest BCUT2D eigenvalue weighted by Gasteiger charge is -2.35. The van der Waals surface area contributed by atoms with Gasteiger partial charge in [-0.25, -0.2) is 0 Å². The molecule has 20 heavy (non-hydrogen) atoms. The first kappa shape index (κ1) is 15.6. The molecule has 2 nitrogen and oxygen atoms in total. The SMILES string of the molecule is FC(F)(F)CC[C@H](c1ccc(Cl)cc1)N1CCNCC1. The number of rotatable bonds is 4. The second-order valence-corrected chi connectivity index (χ2v) is 5.44. The molecular weight excluding hydrogens is 289 g/mol. The first-order chi connectivity index (χ1) is 9.46. The lowest BCUT2D eigenvalue weighted by Crippen LogP contribution is -2.45. The first-order valence-corrected chi connectivity index (χ1v) is 7.10. The van der Waals surface area contributed by atoms with Gasteiger partial charge in [-0.2, -0.15) is 13.2 Å². The fourth-order valence-electron chi connectivity index (χ4n) is 2.54. The Hall–Kier alpha value is -0.780. The standard InChI is InChI=1S/C14H18ClF3N2/c15-12-3-1-11(2-4-12)13(5-6-14(16,17)18)20-9-7-19-8-10-20/h1-4,13,19H,5-10H2/t13-/m1/s1. The van der Waals surface area contributed by atoms with Crippen LogP contribution in [0.25, 0.3) is 0 Å². The summed E-state index contributed by atoms with van der Waals surface area (Å²) in [6.45, 7) is 3.17. The van der Waals surface area contributed by atoms with Crippen LogP contribution in [0.3, 0.4) is 0 Å². The van der Waals surface area contributed by atoms with Crippen molar-refractivity contribution < 1.29 is 13.2 Å². The zero-order valence-electron chi connectivity index (χ0n) is 11.1. The predicted molar refractivity (Wildman–Crippen MR) is 73.9 cm³/mol. The molecule has 1 aliphatic rings. The smallest absolute Gasteiger partial charge is 0.314 e. The topological polar surface area (TPSA) is 15.3 Å². The fourth-order valence-corrected chi connectivity index (χ4v) is 2.67. The molecule has 112 valence electrons. The average Bonchev–Trinajstić information content (AvgIpc) is 2.41. The highest BCUT2D eigenvalue weighted by molar-refractivity contribution is 6.30. The highest BCUT2D eigenvalue weighted by Crippen LogP contribution is 2.32. The van der Waals surface area contributed by atoms with Crippen molar-refractivity contribution in [3.63, 3.8) is 0 Å². The molecule has 0 unspecified atom stereocenters. The number of nitrogens with one attached hydrogen (secondary N) is 1. The van der Waals surface area contributed by atoms with Gasteiger partial charge in [0.2, 0.25) is 0 Å². The zero-order valence-corrected chi connectivity index (χ0v) is 11.8. The van der Waals surface area contributed by atoms with E-state index in [-0.39, 0.29) is 12.5 Å². The fraction of sp³-hybridized carbons (Fsp3) is 0.571. The van der Waals surface area contributed by atoms with E-state index in [4.69, 9.17) is 11.6 Å². The molecule has 1 N–H and O–H groups in total. The van der Waals surface area contributed by atoms with Crippen molar-refractivity contribution in [2.24, 2.45) is 0 Å². The molecule has 0 saturated carbocycles. The largest absolute Gasteiger partial charge is 0.389 e. The van der Waals surface area contributed by atoms with Crippen LogP contribution in [-0.4, -0.2) is 37.3 Å². The molecule has 6 heteroatoms. The Kier molecular flexibility index (Phi) is 5.29. The maximum absolute atomic E-state index is 12.5. The number of piperazine rings is 1. The molecule has 0 radical (unpaired) electrons. The van der Waals surface area contributed by atoms with Crippen LogP contribution in [0.4, 0.5) is 13.2 Å². The lowest BCUT2D eigenvalue weighted by atomic mass is 9.99. The van der Waals surface area contributed by atoms with Crippen molar-refractivity contribution in [3.8, 4) is 0 Å². The van der Waals surface area contributed by atoms with Crippen LogP contribution >= 0.6 is 11.6 Å². The molecule has 1 atom stereocenters. The van der Waals surface area contributed by atoms with Crippen molar-refractivity contribution in [1.29, 1.82) is 0 Å². The molecule has 0 spiro atoms. The van der Waals surface area contributed by atoms with Gasteiger partial charge in [-0.1, -0.05) is 23.7 Å². The third kappa shape index (κ3) is 4.65. The van der Waals surface area contributed by atoms with Gasteiger partial charge in [0.1, 0.15) is 0 Å². The third-order valence-electron chi connectivity index (χ3n) is 3.55. The van der Waals surface area contributed by atoms with Gasteiger partial charge in [-0.15, -0.1) is 0 Å². The van der Waals surface area contributed by atoms with E-state index in [1.54, 1.807) is 12.1 Å². The highest BCUT2D eigenvalue weighted by atomic mass is 35.5. The van der Waals surface area contributed by atoms with Gasteiger partial charge in [0, 0.05) is 43.7 Å². The number of hydrogen-bond donors (Lipinski definition) is 1. The van der Waals surface area contributed by atoms with Crippen LogP contribution in [0.5, 0.6) is 0 Å². The number of hydrogen-bond acceptors (Lipinski definition) is 2. The molecular formula is C14H18ClF3N2. The normalized spacial score (nSPS) is 19.0. The van der Waals surface area contributed by atoms with Crippen molar-refractivity contribution >= 4 is 11.6 Å². The summed E-state index contributed by atoms with van der Waals surface area (Å²) >= 11 is 5.85. The van der Waals surface area contributed by atoms with Crippen LogP contribution < -0.4 is 5.32 Å². The molecule has 2 rings (SSSR count). The first-order valence-electron chi connectivity index (χ1n) is 6.73. The van der Waals surface area contributed by atoms with Crippen molar-refractivity contribution in [2.45, 2.75) is 25.1 Å². The van der Waals surface area contributed by atoms with Crippen LogP contribution in [-0.2, 0) is 0 Å². The maximum atomic E-state index is 12.5. The summed E-state index contributed by atoms with van der Waals surface area (Å²) < 4.78 is 37.5. The predicted octanol–water partition coefficient (Wildman–Crippen LogP) is 3.63. The molecule has 0 bridgehead atoms. The molecule has 1 aromatic rings. The van der Waals surface area contributed by atoms with Gasteiger partial charge in [0.05, 0.1) is 0 Å². The van der Waals surface area contributed by atoms with Crippen molar-refractivity contribution in [3.05, 3.63) is 34.9 Å². The van der Waals surface area contributed by atoms with Gasteiger partial charge in [0.25, 0.3) is 0 Å². The molecule has 1 saturated heterocycles. The Morgan fingerprint density at radius 1 is 1.15 bits per heavy atom. The lowest BCUT2D eigenvalue weighted by molar-refractivity contribution is -0.138. The van der Waals surface area contributed by atoms with Crippen LogP contribution in [0.1, 0.15) is 24.4 Å². The van der Waals surface area contributed by atoms with E-state index in [2.05, 4.69) is 10.2 Å². The minimum Gasteiger partial charge on any atom is -0.314 e. The van der Waals surface area contributed by atoms with Gasteiger partial charge in [-0.05, 0) is 24.1 Å². The quantitative estimate of drug-likeness (QED) is 0.914. The Labute approximate surface area is 121 Å². The maximum Gasteiger partial charge on any atom is 0.389 e. The molecule has 0 aromatic heterocycles. The number of halogens is 4. The minimum absolute atomic E-state index is 0.0884. The second-order valence-electron chi connectivity index (χ2n) is 5.01. The Morgan fingerprint density at radius 3 is 2.30 bits per heavy atom. The molecule has 1 fully saturated rings. The van der Waals surface area contributed by atoms with Crippen molar-refractivity contribution in [1.82, 2.24) is 10.2 Å². The summed E-state index contributed by atoms with van der Waals surface area (Å²) in [7, 11) is 0. The van der Waals surface area contributed by atoms with Gasteiger partial charge >= 0.3 is 6.18 Å². The summed E-state index contributed by atoms with van der Waals surface area (Å²) in [5, 5.41) is 3.82. The van der Waals surface area contributed by atoms with Gasteiger partial charge in [-0.3, -0.25) is 4.90 Å². The van der Waals surface area contributed by atoms with E-state index in [0.29, 0.717) is 5.02 Å². The Balaban J connectivity index is 2.12. The number of alkyl halides is 3.